The molecule has 3 rings (SSSR count). The Hall–Kier alpha value is -1.59. The number of carbonyl (C=O) groups is 1. The van der Waals surface area contributed by atoms with Crippen LogP contribution in [0.2, 0.25) is 0 Å². The van der Waals surface area contributed by atoms with Crippen molar-refractivity contribution in [3.05, 3.63) is 24.3 Å². The third kappa shape index (κ3) is 5.69. The first-order valence-corrected chi connectivity index (χ1v) is 10.6. The highest BCUT2D eigenvalue weighted by atomic mass is 16.5. The van der Waals surface area contributed by atoms with Crippen LogP contribution in [-0.4, -0.2) is 49.3 Å². The first-order valence-electron chi connectivity index (χ1n) is 10.6. The maximum absolute atomic E-state index is 12.8. The smallest absolute Gasteiger partial charge is 0.256 e. The Balaban J connectivity index is 1.45. The Labute approximate surface area is 163 Å². The SMILES string of the molecule is CCOC1(C(=O)Nc2ccc(OCCCN3CCCC3)cc2)CCCCC1. The van der Waals surface area contributed by atoms with Gasteiger partial charge in [-0.25, -0.2) is 0 Å². The van der Waals surface area contributed by atoms with E-state index in [2.05, 4.69) is 10.2 Å². The second-order valence-electron chi connectivity index (χ2n) is 7.72. The van der Waals surface area contributed by atoms with Crippen molar-refractivity contribution in [2.75, 3.05) is 38.2 Å². The first-order chi connectivity index (χ1) is 13.2. The summed E-state index contributed by atoms with van der Waals surface area (Å²) in [5.74, 6) is 0.843. The van der Waals surface area contributed by atoms with E-state index in [-0.39, 0.29) is 5.91 Å². The average molecular weight is 375 g/mol. The zero-order chi connectivity index (χ0) is 19.0. The van der Waals surface area contributed by atoms with Crippen molar-refractivity contribution in [1.29, 1.82) is 0 Å². The summed E-state index contributed by atoms with van der Waals surface area (Å²) in [4.78, 5) is 15.3. The summed E-state index contributed by atoms with van der Waals surface area (Å²) >= 11 is 0. The summed E-state index contributed by atoms with van der Waals surface area (Å²) in [6.45, 7) is 6.84. The standard InChI is InChI=1S/C22H34N2O3/c1-2-27-22(13-4-3-5-14-22)21(25)23-19-9-11-20(12-10-19)26-18-8-17-24-15-6-7-16-24/h9-12H,2-8,13-18H2,1H3,(H,23,25). The number of rotatable bonds is 9. The van der Waals surface area contributed by atoms with Gasteiger partial charge in [-0.1, -0.05) is 19.3 Å². The third-order valence-corrected chi connectivity index (χ3v) is 5.69. The molecule has 1 aliphatic heterocycles. The fourth-order valence-electron chi connectivity index (χ4n) is 4.20. The van der Waals surface area contributed by atoms with Crippen LogP contribution in [0, 0.1) is 0 Å². The van der Waals surface area contributed by atoms with Gasteiger partial charge in [-0.05, 0) is 76.4 Å². The van der Waals surface area contributed by atoms with Gasteiger partial charge in [0.15, 0.2) is 0 Å². The molecule has 150 valence electrons. The molecule has 2 fully saturated rings. The molecule has 27 heavy (non-hydrogen) atoms. The van der Waals surface area contributed by atoms with E-state index >= 15 is 0 Å². The largest absolute Gasteiger partial charge is 0.494 e. The maximum atomic E-state index is 12.8. The Bertz CT molecular complexity index is 570. The number of ether oxygens (including phenoxy) is 2. The van der Waals surface area contributed by atoms with E-state index in [1.54, 1.807) is 0 Å². The number of hydrogen-bond acceptors (Lipinski definition) is 4. The van der Waals surface area contributed by atoms with Gasteiger partial charge in [-0.15, -0.1) is 0 Å². The molecule has 1 aliphatic carbocycles. The van der Waals surface area contributed by atoms with Crippen molar-refractivity contribution in [3.63, 3.8) is 0 Å². The van der Waals surface area contributed by atoms with Crippen LogP contribution in [0.4, 0.5) is 5.69 Å². The molecule has 0 aromatic heterocycles. The maximum Gasteiger partial charge on any atom is 0.256 e. The van der Waals surface area contributed by atoms with E-state index in [0.717, 1.165) is 56.7 Å². The van der Waals surface area contributed by atoms with Gasteiger partial charge in [0.25, 0.3) is 5.91 Å². The minimum absolute atomic E-state index is 0.0108. The number of nitrogens with zero attached hydrogens (tertiary/aromatic N) is 1. The number of amides is 1. The predicted molar refractivity (Wildman–Crippen MR) is 108 cm³/mol. The minimum atomic E-state index is -0.655. The summed E-state index contributed by atoms with van der Waals surface area (Å²) in [6, 6.07) is 7.69. The molecule has 0 atom stereocenters. The quantitative estimate of drug-likeness (QED) is 0.657. The fourth-order valence-corrected chi connectivity index (χ4v) is 4.20. The second kappa shape index (κ2) is 10.1. The van der Waals surface area contributed by atoms with Crippen LogP contribution >= 0.6 is 0 Å². The van der Waals surface area contributed by atoms with Gasteiger partial charge in [-0.2, -0.15) is 0 Å². The van der Waals surface area contributed by atoms with Crippen molar-refractivity contribution >= 4 is 11.6 Å². The van der Waals surface area contributed by atoms with Crippen molar-refractivity contribution in [1.82, 2.24) is 4.90 Å². The number of likely N-dealkylation sites (tertiary alicyclic amines) is 1. The normalized spacial score (nSPS) is 19.7. The zero-order valence-electron chi connectivity index (χ0n) is 16.7. The van der Waals surface area contributed by atoms with Crippen molar-refractivity contribution in [2.45, 2.75) is 63.9 Å². The summed E-state index contributed by atoms with van der Waals surface area (Å²) in [5.41, 5.74) is 0.145. The van der Waals surface area contributed by atoms with Crippen LogP contribution in [-0.2, 0) is 9.53 Å². The summed E-state index contributed by atoms with van der Waals surface area (Å²) in [6.07, 6.45) is 8.63. The lowest BCUT2D eigenvalue weighted by Crippen LogP contribution is -2.47. The van der Waals surface area contributed by atoms with E-state index in [1.807, 2.05) is 31.2 Å². The van der Waals surface area contributed by atoms with Crippen LogP contribution in [0.3, 0.4) is 0 Å². The average Bonchev–Trinajstić information content (AvgIpc) is 3.21. The summed E-state index contributed by atoms with van der Waals surface area (Å²) in [7, 11) is 0. The highest BCUT2D eigenvalue weighted by Crippen LogP contribution is 2.33. The van der Waals surface area contributed by atoms with E-state index in [1.165, 1.54) is 32.4 Å². The molecule has 1 amide bonds. The third-order valence-electron chi connectivity index (χ3n) is 5.69. The Morgan fingerprint density at radius 3 is 2.44 bits per heavy atom. The molecule has 1 aromatic carbocycles. The summed E-state index contributed by atoms with van der Waals surface area (Å²) in [5, 5.41) is 3.04. The van der Waals surface area contributed by atoms with Gasteiger partial charge in [0.2, 0.25) is 0 Å². The minimum Gasteiger partial charge on any atom is -0.494 e. The van der Waals surface area contributed by atoms with Gasteiger partial charge in [0.05, 0.1) is 6.61 Å². The molecule has 1 saturated heterocycles. The molecule has 1 aromatic rings. The lowest BCUT2D eigenvalue weighted by Gasteiger charge is -2.35. The van der Waals surface area contributed by atoms with Crippen LogP contribution in [0.15, 0.2) is 24.3 Å². The van der Waals surface area contributed by atoms with Crippen molar-refractivity contribution < 1.29 is 14.3 Å². The molecule has 0 unspecified atom stereocenters. The Morgan fingerprint density at radius 2 is 1.78 bits per heavy atom. The zero-order valence-corrected chi connectivity index (χ0v) is 16.7. The fraction of sp³-hybridized carbons (Fsp3) is 0.682. The van der Waals surface area contributed by atoms with E-state index in [0.29, 0.717) is 6.61 Å². The highest BCUT2D eigenvalue weighted by molar-refractivity contribution is 5.97. The number of carbonyl (C=O) groups excluding carboxylic acids is 1. The number of nitrogens with one attached hydrogen (secondary N) is 1. The van der Waals surface area contributed by atoms with Crippen LogP contribution in [0.1, 0.15) is 58.3 Å². The lowest BCUT2D eigenvalue weighted by atomic mass is 9.83. The van der Waals surface area contributed by atoms with E-state index in [4.69, 9.17) is 9.47 Å². The molecule has 5 heteroatoms. The molecule has 1 N–H and O–H groups in total. The highest BCUT2D eigenvalue weighted by Gasteiger charge is 2.40. The number of benzene rings is 1. The Morgan fingerprint density at radius 1 is 1.07 bits per heavy atom. The van der Waals surface area contributed by atoms with Crippen molar-refractivity contribution in [3.8, 4) is 5.75 Å². The molecule has 0 radical (unpaired) electrons. The molecule has 1 heterocycles. The van der Waals surface area contributed by atoms with Crippen LogP contribution < -0.4 is 10.1 Å². The van der Waals surface area contributed by atoms with Crippen LogP contribution in [0.5, 0.6) is 5.75 Å². The van der Waals surface area contributed by atoms with Gasteiger partial charge >= 0.3 is 0 Å². The van der Waals surface area contributed by atoms with Gasteiger partial charge in [0.1, 0.15) is 11.4 Å². The van der Waals surface area contributed by atoms with E-state index in [9.17, 15) is 4.79 Å². The van der Waals surface area contributed by atoms with Gasteiger partial charge in [-0.3, -0.25) is 4.79 Å². The molecule has 2 aliphatic rings. The molecule has 0 spiro atoms. The predicted octanol–water partition coefficient (Wildman–Crippen LogP) is 4.23. The monoisotopic (exact) mass is 374 g/mol. The summed E-state index contributed by atoms with van der Waals surface area (Å²) < 4.78 is 11.7. The molecule has 5 nitrogen and oxygen atoms in total. The lowest BCUT2D eigenvalue weighted by molar-refractivity contribution is -0.145. The van der Waals surface area contributed by atoms with Crippen molar-refractivity contribution in [2.24, 2.45) is 0 Å². The number of hydrogen-bond donors (Lipinski definition) is 1. The van der Waals surface area contributed by atoms with E-state index < -0.39 is 5.60 Å². The molecular weight excluding hydrogens is 340 g/mol. The second-order valence-corrected chi connectivity index (χ2v) is 7.72. The topological polar surface area (TPSA) is 50.8 Å². The Kier molecular flexibility index (Phi) is 7.53. The molecule has 0 bridgehead atoms. The van der Waals surface area contributed by atoms with Crippen LogP contribution in [0.25, 0.3) is 0 Å². The molecular formula is C22H34N2O3. The number of anilines is 1. The van der Waals surface area contributed by atoms with Gasteiger partial charge in [0, 0.05) is 18.8 Å². The first kappa shape index (κ1) is 20.2. The molecule has 1 saturated carbocycles. The van der Waals surface area contributed by atoms with Gasteiger partial charge < -0.3 is 19.7 Å².